The van der Waals surface area contributed by atoms with Crippen LogP contribution in [0, 0.1) is 6.92 Å². The van der Waals surface area contributed by atoms with Gasteiger partial charge < -0.3 is 9.64 Å². The number of carbonyl (C=O) groups is 2. The van der Waals surface area contributed by atoms with Gasteiger partial charge >= 0.3 is 0 Å². The van der Waals surface area contributed by atoms with Crippen molar-refractivity contribution in [3.8, 4) is 5.75 Å². The van der Waals surface area contributed by atoms with Crippen LogP contribution in [0.1, 0.15) is 30.9 Å². The van der Waals surface area contributed by atoms with Gasteiger partial charge in [-0.3, -0.25) is 9.59 Å². The van der Waals surface area contributed by atoms with Crippen LogP contribution in [0.2, 0.25) is 5.02 Å². The quantitative estimate of drug-likeness (QED) is 0.684. The molecule has 0 unspecified atom stereocenters. The molecule has 150 valence electrons. The van der Waals surface area contributed by atoms with E-state index < -0.39 is 0 Å². The molecule has 0 radical (unpaired) electrons. The zero-order valence-corrected chi connectivity index (χ0v) is 17.3. The van der Waals surface area contributed by atoms with E-state index in [2.05, 4.69) is 0 Å². The van der Waals surface area contributed by atoms with Crippen LogP contribution in [0.3, 0.4) is 0 Å². The highest BCUT2D eigenvalue weighted by atomic mass is 35.5. The van der Waals surface area contributed by atoms with Crippen LogP contribution in [0.4, 0.5) is 5.69 Å². The van der Waals surface area contributed by atoms with Crippen LogP contribution in [0.5, 0.6) is 5.75 Å². The summed E-state index contributed by atoms with van der Waals surface area (Å²) < 4.78 is 5.51. The normalized spacial score (nSPS) is 16.9. The maximum Gasteiger partial charge on any atom is 0.282 e. The highest BCUT2D eigenvalue weighted by molar-refractivity contribution is 6.45. The lowest BCUT2D eigenvalue weighted by molar-refractivity contribution is -0.120. The molecular weight excluding hydrogens is 388 g/mol. The molecule has 2 amide bonds. The fraction of sp³-hybridized carbons (Fsp3) is 0.304. The average Bonchev–Trinajstić information content (AvgIpc) is 3.31. The molecule has 1 saturated heterocycles. The molecule has 0 bridgehead atoms. The molecular formula is C23H23ClN2O3. The van der Waals surface area contributed by atoms with Crippen molar-refractivity contribution in [2.24, 2.45) is 0 Å². The second-order valence-corrected chi connectivity index (χ2v) is 7.69. The molecule has 29 heavy (non-hydrogen) atoms. The molecule has 0 aliphatic carbocycles. The predicted molar refractivity (Wildman–Crippen MR) is 114 cm³/mol. The van der Waals surface area contributed by atoms with E-state index >= 15 is 0 Å². The highest BCUT2D eigenvalue weighted by Crippen LogP contribution is 2.38. The SMILES string of the molecule is CCOc1ccc(C2=C(N3CCCC3)C(=O)N(c3cc(Cl)ccc3C)C2=O)cc1. The third kappa shape index (κ3) is 3.51. The molecule has 0 atom stereocenters. The Morgan fingerprint density at radius 3 is 2.34 bits per heavy atom. The summed E-state index contributed by atoms with van der Waals surface area (Å²) in [6.07, 6.45) is 2.02. The molecule has 2 aromatic carbocycles. The Kier molecular flexibility index (Phi) is 5.33. The average molecular weight is 411 g/mol. The van der Waals surface area contributed by atoms with Crippen molar-refractivity contribution in [1.29, 1.82) is 0 Å². The number of aryl methyl sites for hydroxylation is 1. The summed E-state index contributed by atoms with van der Waals surface area (Å²) in [5.74, 6) is 0.136. The van der Waals surface area contributed by atoms with Crippen molar-refractivity contribution in [2.45, 2.75) is 26.7 Å². The summed E-state index contributed by atoms with van der Waals surface area (Å²) in [5, 5.41) is 0.489. The molecule has 2 aliphatic rings. The van der Waals surface area contributed by atoms with Crippen molar-refractivity contribution in [1.82, 2.24) is 4.90 Å². The third-order valence-electron chi connectivity index (χ3n) is 5.35. The van der Waals surface area contributed by atoms with Gasteiger partial charge in [0.2, 0.25) is 0 Å². The molecule has 0 spiro atoms. The lowest BCUT2D eigenvalue weighted by Gasteiger charge is -2.21. The van der Waals surface area contributed by atoms with Gasteiger partial charge in [-0.15, -0.1) is 0 Å². The first kappa shape index (κ1) is 19.5. The standard InChI is InChI=1S/C23H23ClN2O3/c1-3-29-18-10-7-16(8-11-18)20-21(25-12-4-5-13-25)23(28)26(22(20)27)19-14-17(24)9-6-15(19)2/h6-11,14H,3-5,12-13H2,1-2H3. The fourth-order valence-electron chi connectivity index (χ4n) is 3.94. The second kappa shape index (κ2) is 7.91. The van der Waals surface area contributed by atoms with Gasteiger partial charge in [-0.25, -0.2) is 4.90 Å². The number of carbonyl (C=O) groups excluding carboxylic acids is 2. The Bertz CT molecular complexity index is 992. The Balaban J connectivity index is 1.81. The van der Waals surface area contributed by atoms with Gasteiger partial charge in [0.1, 0.15) is 11.4 Å². The number of hydrogen-bond acceptors (Lipinski definition) is 4. The summed E-state index contributed by atoms with van der Waals surface area (Å²) in [6, 6.07) is 12.6. The monoisotopic (exact) mass is 410 g/mol. The Morgan fingerprint density at radius 1 is 1.00 bits per heavy atom. The lowest BCUT2D eigenvalue weighted by atomic mass is 10.0. The minimum absolute atomic E-state index is 0.286. The van der Waals surface area contributed by atoms with E-state index in [0.29, 0.717) is 28.6 Å². The number of ether oxygens (including phenoxy) is 1. The van der Waals surface area contributed by atoms with Crippen LogP contribution in [0.25, 0.3) is 5.57 Å². The molecule has 2 aromatic rings. The summed E-state index contributed by atoms with van der Waals surface area (Å²) in [5.41, 5.74) is 3.00. The van der Waals surface area contributed by atoms with E-state index in [0.717, 1.165) is 42.8 Å². The van der Waals surface area contributed by atoms with Gasteiger partial charge in [-0.2, -0.15) is 0 Å². The largest absolute Gasteiger partial charge is 0.494 e. The zero-order valence-electron chi connectivity index (χ0n) is 16.6. The van der Waals surface area contributed by atoms with Gasteiger partial charge in [0.25, 0.3) is 11.8 Å². The number of rotatable bonds is 5. The fourth-order valence-corrected chi connectivity index (χ4v) is 4.11. The van der Waals surface area contributed by atoms with Crippen LogP contribution < -0.4 is 9.64 Å². The van der Waals surface area contributed by atoms with E-state index in [1.54, 1.807) is 12.1 Å². The highest BCUT2D eigenvalue weighted by Gasteiger charge is 2.43. The van der Waals surface area contributed by atoms with Gasteiger partial charge in [0, 0.05) is 18.1 Å². The van der Waals surface area contributed by atoms with E-state index in [4.69, 9.17) is 16.3 Å². The van der Waals surface area contributed by atoms with Gasteiger partial charge in [0.15, 0.2) is 0 Å². The smallest absolute Gasteiger partial charge is 0.282 e. The Labute approximate surface area is 175 Å². The Hall–Kier alpha value is -2.79. The predicted octanol–water partition coefficient (Wildman–Crippen LogP) is 4.43. The number of amides is 2. The molecule has 1 fully saturated rings. The maximum absolute atomic E-state index is 13.5. The minimum atomic E-state index is -0.313. The topological polar surface area (TPSA) is 49.9 Å². The molecule has 6 heteroatoms. The van der Waals surface area contributed by atoms with E-state index in [9.17, 15) is 9.59 Å². The number of imide groups is 1. The summed E-state index contributed by atoms with van der Waals surface area (Å²) >= 11 is 6.17. The number of halogens is 1. The first-order chi connectivity index (χ1) is 14.0. The van der Waals surface area contributed by atoms with Crippen molar-refractivity contribution in [3.05, 3.63) is 64.3 Å². The van der Waals surface area contributed by atoms with Crippen LogP contribution in [-0.2, 0) is 9.59 Å². The number of nitrogens with zero attached hydrogens (tertiary/aromatic N) is 2. The first-order valence-electron chi connectivity index (χ1n) is 9.88. The van der Waals surface area contributed by atoms with Crippen molar-refractivity contribution >= 4 is 34.7 Å². The number of benzene rings is 2. The zero-order chi connectivity index (χ0) is 20.5. The second-order valence-electron chi connectivity index (χ2n) is 7.25. The maximum atomic E-state index is 13.5. The van der Waals surface area contributed by atoms with Crippen molar-refractivity contribution in [3.63, 3.8) is 0 Å². The molecule has 2 heterocycles. The van der Waals surface area contributed by atoms with Gasteiger partial charge in [0.05, 0.1) is 17.9 Å². The molecule has 5 nitrogen and oxygen atoms in total. The van der Waals surface area contributed by atoms with Crippen LogP contribution in [-0.4, -0.2) is 36.4 Å². The number of anilines is 1. The number of likely N-dealkylation sites (tertiary alicyclic amines) is 1. The van der Waals surface area contributed by atoms with E-state index in [1.807, 2.05) is 49.1 Å². The van der Waals surface area contributed by atoms with Crippen LogP contribution >= 0.6 is 11.6 Å². The Morgan fingerprint density at radius 2 is 1.69 bits per heavy atom. The third-order valence-corrected chi connectivity index (χ3v) is 5.58. The minimum Gasteiger partial charge on any atom is -0.494 e. The number of hydrogen-bond donors (Lipinski definition) is 0. The molecule has 0 aromatic heterocycles. The molecule has 2 aliphatic heterocycles. The molecule has 0 saturated carbocycles. The first-order valence-corrected chi connectivity index (χ1v) is 10.3. The van der Waals surface area contributed by atoms with Gasteiger partial charge in [-0.05, 0) is 62.1 Å². The summed E-state index contributed by atoms with van der Waals surface area (Å²) in [7, 11) is 0. The molecule has 4 rings (SSSR count). The van der Waals surface area contributed by atoms with Crippen molar-refractivity contribution < 1.29 is 14.3 Å². The van der Waals surface area contributed by atoms with Crippen LogP contribution in [0.15, 0.2) is 48.2 Å². The van der Waals surface area contributed by atoms with E-state index in [-0.39, 0.29) is 11.8 Å². The van der Waals surface area contributed by atoms with Crippen molar-refractivity contribution in [2.75, 3.05) is 24.6 Å². The molecule has 0 N–H and O–H groups in total. The lowest BCUT2D eigenvalue weighted by Crippen LogP contribution is -2.35. The summed E-state index contributed by atoms with van der Waals surface area (Å²) in [6.45, 7) is 5.91. The summed E-state index contributed by atoms with van der Waals surface area (Å²) in [4.78, 5) is 30.3. The van der Waals surface area contributed by atoms with Gasteiger partial charge in [-0.1, -0.05) is 29.8 Å². The van der Waals surface area contributed by atoms with E-state index in [1.165, 1.54) is 4.90 Å².